The van der Waals surface area contributed by atoms with Crippen LogP contribution in [-0.4, -0.2) is 47.6 Å². The summed E-state index contributed by atoms with van der Waals surface area (Å²) in [5, 5.41) is 0.758. The number of carbonyl (C=O) groups excluding carboxylic acids is 1. The average molecular weight is 413 g/mol. The summed E-state index contributed by atoms with van der Waals surface area (Å²) in [5.41, 5.74) is 2.42. The topological polar surface area (TPSA) is 23.6 Å². The molecule has 2 aliphatic rings. The number of nitrogens with zero attached hydrogens (tertiary/aromatic N) is 2. The maximum atomic E-state index is 12.8. The SMILES string of the molecule is C=C(CSc1ccc(Cl)cc1)N1CCN(C(=O)[C@@H]2C[C@H]2c2ccccc2)CC1. The van der Waals surface area contributed by atoms with E-state index in [2.05, 4.69) is 35.7 Å². The fraction of sp³-hybridized carbons (Fsp3) is 0.348. The lowest BCUT2D eigenvalue weighted by atomic mass is 10.1. The van der Waals surface area contributed by atoms with Gasteiger partial charge in [0, 0.05) is 53.5 Å². The zero-order valence-electron chi connectivity index (χ0n) is 15.9. The van der Waals surface area contributed by atoms with Crippen molar-refractivity contribution in [1.29, 1.82) is 0 Å². The third-order valence-electron chi connectivity index (χ3n) is 5.59. The van der Waals surface area contributed by atoms with Gasteiger partial charge >= 0.3 is 0 Å². The molecule has 146 valence electrons. The second-order valence-corrected chi connectivity index (χ2v) is 8.97. The van der Waals surface area contributed by atoms with Crippen molar-refractivity contribution in [1.82, 2.24) is 9.80 Å². The van der Waals surface area contributed by atoms with Crippen LogP contribution in [0.3, 0.4) is 0 Å². The molecule has 1 aliphatic heterocycles. The molecule has 28 heavy (non-hydrogen) atoms. The summed E-state index contributed by atoms with van der Waals surface area (Å²) >= 11 is 7.71. The van der Waals surface area contributed by atoms with Crippen molar-refractivity contribution < 1.29 is 4.79 Å². The summed E-state index contributed by atoms with van der Waals surface area (Å²) in [6.45, 7) is 7.58. The summed E-state index contributed by atoms with van der Waals surface area (Å²) in [6, 6.07) is 18.3. The van der Waals surface area contributed by atoms with Crippen LogP contribution in [0.15, 0.2) is 71.8 Å². The Bertz CT molecular complexity index is 831. The zero-order chi connectivity index (χ0) is 19.5. The van der Waals surface area contributed by atoms with Gasteiger partial charge in [0.2, 0.25) is 5.91 Å². The van der Waals surface area contributed by atoms with Gasteiger partial charge in [-0.05, 0) is 42.2 Å². The quantitative estimate of drug-likeness (QED) is 0.631. The Kier molecular flexibility index (Phi) is 5.98. The van der Waals surface area contributed by atoms with Crippen LogP contribution in [0.5, 0.6) is 0 Å². The van der Waals surface area contributed by atoms with Crippen molar-refractivity contribution in [2.45, 2.75) is 17.2 Å². The Hall–Kier alpha value is -1.91. The van der Waals surface area contributed by atoms with Crippen LogP contribution in [0, 0.1) is 5.92 Å². The number of benzene rings is 2. The van der Waals surface area contributed by atoms with E-state index in [1.165, 1.54) is 10.5 Å². The molecule has 2 atom stereocenters. The molecule has 3 nitrogen and oxygen atoms in total. The smallest absolute Gasteiger partial charge is 0.226 e. The molecule has 0 bridgehead atoms. The lowest BCUT2D eigenvalue weighted by Crippen LogP contribution is -2.48. The standard InChI is InChI=1S/C23H25ClN2OS/c1-17(16-28-20-9-7-19(24)8-10-20)25-11-13-26(14-12-25)23(27)22-15-21(22)18-5-3-2-4-6-18/h2-10,21-22H,1,11-16H2/t21-,22+/m0/s1. The van der Waals surface area contributed by atoms with Gasteiger partial charge in [-0.3, -0.25) is 4.79 Å². The largest absolute Gasteiger partial charge is 0.371 e. The van der Waals surface area contributed by atoms with Gasteiger partial charge in [0.1, 0.15) is 0 Å². The molecule has 0 spiro atoms. The summed E-state index contributed by atoms with van der Waals surface area (Å²) < 4.78 is 0. The van der Waals surface area contributed by atoms with Gasteiger partial charge in [0.15, 0.2) is 0 Å². The predicted octanol–water partition coefficient (Wildman–Crippen LogP) is 4.89. The highest BCUT2D eigenvalue weighted by Gasteiger charge is 2.45. The first-order chi connectivity index (χ1) is 13.6. The molecule has 0 N–H and O–H groups in total. The van der Waals surface area contributed by atoms with Gasteiger partial charge in [0.05, 0.1) is 0 Å². The maximum Gasteiger partial charge on any atom is 0.226 e. The highest BCUT2D eigenvalue weighted by molar-refractivity contribution is 7.99. The number of thioether (sulfide) groups is 1. The first kappa shape index (κ1) is 19.4. The lowest BCUT2D eigenvalue weighted by molar-refractivity contribution is -0.134. The van der Waals surface area contributed by atoms with Crippen LogP contribution >= 0.6 is 23.4 Å². The van der Waals surface area contributed by atoms with E-state index in [0.717, 1.165) is 49.1 Å². The van der Waals surface area contributed by atoms with Gasteiger partial charge in [0.25, 0.3) is 0 Å². The second kappa shape index (κ2) is 8.62. The van der Waals surface area contributed by atoms with E-state index < -0.39 is 0 Å². The Morgan fingerprint density at radius 1 is 1.00 bits per heavy atom. The van der Waals surface area contributed by atoms with Gasteiger partial charge in [-0.1, -0.05) is 48.5 Å². The Balaban J connectivity index is 1.22. The normalized spacial score (nSPS) is 21.5. The highest BCUT2D eigenvalue weighted by atomic mass is 35.5. The monoisotopic (exact) mass is 412 g/mol. The van der Waals surface area contributed by atoms with Crippen molar-refractivity contribution in [3.05, 3.63) is 77.5 Å². The van der Waals surface area contributed by atoms with Crippen molar-refractivity contribution in [3.8, 4) is 0 Å². The minimum Gasteiger partial charge on any atom is -0.371 e. The first-order valence-corrected chi connectivity index (χ1v) is 11.1. The molecule has 1 amide bonds. The minimum atomic E-state index is 0.178. The molecular weight excluding hydrogens is 388 g/mol. The molecule has 1 saturated carbocycles. The van der Waals surface area contributed by atoms with Crippen molar-refractivity contribution in [2.75, 3.05) is 31.9 Å². The van der Waals surface area contributed by atoms with Gasteiger partial charge in [-0.2, -0.15) is 0 Å². The number of amides is 1. The van der Waals surface area contributed by atoms with E-state index in [1.807, 2.05) is 35.2 Å². The first-order valence-electron chi connectivity index (χ1n) is 9.76. The number of piperazine rings is 1. The fourth-order valence-electron chi connectivity index (χ4n) is 3.80. The summed E-state index contributed by atoms with van der Waals surface area (Å²) in [5.74, 6) is 1.78. The van der Waals surface area contributed by atoms with E-state index in [0.29, 0.717) is 11.8 Å². The minimum absolute atomic E-state index is 0.178. The van der Waals surface area contributed by atoms with Gasteiger partial charge < -0.3 is 9.80 Å². The maximum absolute atomic E-state index is 12.8. The number of halogens is 1. The third kappa shape index (κ3) is 4.56. The van der Waals surface area contributed by atoms with Gasteiger partial charge in [-0.15, -0.1) is 11.8 Å². The molecule has 2 fully saturated rings. The van der Waals surface area contributed by atoms with E-state index in [-0.39, 0.29) is 5.92 Å². The Morgan fingerprint density at radius 3 is 2.32 bits per heavy atom. The van der Waals surface area contributed by atoms with E-state index >= 15 is 0 Å². The summed E-state index contributed by atoms with van der Waals surface area (Å²) in [4.78, 5) is 18.4. The Labute approximate surface area is 176 Å². The number of carbonyl (C=O) groups is 1. The van der Waals surface area contributed by atoms with Crippen LogP contribution < -0.4 is 0 Å². The van der Waals surface area contributed by atoms with Crippen LogP contribution in [0.1, 0.15) is 17.9 Å². The van der Waals surface area contributed by atoms with Crippen molar-refractivity contribution in [3.63, 3.8) is 0 Å². The van der Waals surface area contributed by atoms with Crippen molar-refractivity contribution >= 4 is 29.3 Å². The summed E-state index contributed by atoms with van der Waals surface area (Å²) in [7, 11) is 0. The van der Waals surface area contributed by atoms with E-state index in [4.69, 9.17) is 11.6 Å². The molecule has 1 saturated heterocycles. The predicted molar refractivity (Wildman–Crippen MR) is 117 cm³/mol. The molecule has 2 aromatic carbocycles. The number of rotatable bonds is 6. The third-order valence-corrected chi connectivity index (χ3v) is 6.93. The van der Waals surface area contributed by atoms with Crippen LogP contribution in [0.2, 0.25) is 5.02 Å². The average Bonchev–Trinajstić information content (AvgIpc) is 3.54. The van der Waals surface area contributed by atoms with Crippen LogP contribution in [0.25, 0.3) is 0 Å². The molecule has 2 aromatic rings. The Morgan fingerprint density at radius 2 is 1.64 bits per heavy atom. The van der Waals surface area contributed by atoms with Crippen LogP contribution in [-0.2, 0) is 4.79 Å². The number of hydrogen-bond acceptors (Lipinski definition) is 3. The molecule has 5 heteroatoms. The molecule has 0 aromatic heterocycles. The fourth-order valence-corrected chi connectivity index (χ4v) is 4.77. The van der Waals surface area contributed by atoms with E-state index in [1.54, 1.807) is 11.8 Å². The molecule has 1 aliphatic carbocycles. The molecule has 4 rings (SSSR count). The van der Waals surface area contributed by atoms with E-state index in [9.17, 15) is 4.79 Å². The zero-order valence-corrected chi connectivity index (χ0v) is 17.5. The lowest BCUT2D eigenvalue weighted by Gasteiger charge is -2.37. The molecular formula is C23H25ClN2OS. The van der Waals surface area contributed by atoms with Crippen molar-refractivity contribution in [2.24, 2.45) is 5.92 Å². The second-order valence-electron chi connectivity index (χ2n) is 7.48. The molecule has 1 heterocycles. The molecule has 0 unspecified atom stereocenters. The van der Waals surface area contributed by atoms with Gasteiger partial charge in [-0.25, -0.2) is 0 Å². The summed E-state index contributed by atoms with van der Waals surface area (Å²) in [6.07, 6.45) is 0.994. The number of hydrogen-bond donors (Lipinski definition) is 0. The molecule has 0 radical (unpaired) electrons. The highest BCUT2D eigenvalue weighted by Crippen LogP contribution is 2.48. The van der Waals surface area contributed by atoms with Crippen LogP contribution in [0.4, 0.5) is 0 Å².